The fraction of sp³-hybridized carbons (Fsp3) is 0.941. The predicted octanol–water partition coefficient (Wildman–Crippen LogP) is 1.76. The van der Waals surface area contributed by atoms with Gasteiger partial charge in [-0.2, -0.15) is 0 Å². The van der Waals surface area contributed by atoms with Crippen molar-refractivity contribution in [1.82, 2.24) is 15.5 Å². The van der Waals surface area contributed by atoms with Crippen molar-refractivity contribution < 1.29 is 4.79 Å². The maximum atomic E-state index is 12.1. The van der Waals surface area contributed by atoms with Crippen molar-refractivity contribution >= 4 is 5.91 Å². The Morgan fingerprint density at radius 2 is 1.71 bits per heavy atom. The van der Waals surface area contributed by atoms with Gasteiger partial charge in [-0.1, -0.05) is 0 Å². The quantitative estimate of drug-likeness (QED) is 0.784. The van der Waals surface area contributed by atoms with E-state index in [0.29, 0.717) is 6.04 Å². The fourth-order valence-electron chi connectivity index (χ4n) is 3.73. The molecule has 0 aromatic heterocycles. The lowest BCUT2D eigenvalue weighted by atomic mass is 9.93. The highest BCUT2D eigenvalue weighted by atomic mass is 16.1. The highest BCUT2D eigenvalue weighted by Crippen LogP contribution is 2.30. The van der Waals surface area contributed by atoms with E-state index in [9.17, 15) is 4.79 Å². The van der Waals surface area contributed by atoms with E-state index in [4.69, 9.17) is 0 Å². The summed E-state index contributed by atoms with van der Waals surface area (Å²) in [5, 5.41) is 6.65. The monoisotopic (exact) mass is 293 g/mol. The van der Waals surface area contributed by atoms with Crippen LogP contribution < -0.4 is 10.6 Å². The minimum absolute atomic E-state index is 0.286. The van der Waals surface area contributed by atoms with Crippen LogP contribution in [-0.2, 0) is 4.79 Å². The normalized spacial score (nSPS) is 25.9. The predicted molar refractivity (Wildman–Crippen MR) is 85.2 cm³/mol. The van der Waals surface area contributed by atoms with Gasteiger partial charge in [-0.25, -0.2) is 0 Å². The molecule has 0 bridgehead atoms. The average molecular weight is 293 g/mol. The highest BCUT2D eigenvalue weighted by molar-refractivity contribution is 5.76. The summed E-state index contributed by atoms with van der Waals surface area (Å²) < 4.78 is 0. The molecule has 0 aromatic carbocycles. The van der Waals surface area contributed by atoms with E-state index in [1.807, 2.05) is 0 Å². The van der Waals surface area contributed by atoms with Crippen molar-refractivity contribution in [3.63, 3.8) is 0 Å². The van der Waals surface area contributed by atoms with E-state index in [-0.39, 0.29) is 5.91 Å². The Hall–Kier alpha value is -0.610. The molecule has 0 radical (unpaired) electrons. The van der Waals surface area contributed by atoms with E-state index in [2.05, 4.69) is 15.5 Å². The third-order valence-electron chi connectivity index (χ3n) is 5.40. The fourth-order valence-corrected chi connectivity index (χ4v) is 3.73. The Morgan fingerprint density at radius 3 is 2.38 bits per heavy atom. The zero-order chi connectivity index (χ0) is 14.5. The smallest absolute Gasteiger partial charge is 0.220 e. The van der Waals surface area contributed by atoms with Gasteiger partial charge in [0.1, 0.15) is 0 Å². The number of likely N-dealkylation sites (tertiary alicyclic amines) is 1. The molecule has 120 valence electrons. The maximum Gasteiger partial charge on any atom is 0.220 e. The number of nitrogens with zero attached hydrogens (tertiary/aromatic N) is 1. The average Bonchev–Trinajstić information content (AvgIpc) is 3.32. The first kappa shape index (κ1) is 15.3. The molecule has 3 fully saturated rings. The second kappa shape index (κ2) is 7.59. The molecule has 0 atom stereocenters. The van der Waals surface area contributed by atoms with E-state index >= 15 is 0 Å². The zero-order valence-corrected chi connectivity index (χ0v) is 13.3. The molecule has 2 aliphatic heterocycles. The topological polar surface area (TPSA) is 44.4 Å². The van der Waals surface area contributed by atoms with E-state index in [0.717, 1.165) is 50.6 Å². The Bertz CT molecular complexity index is 329. The Balaban J connectivity index is 1.28. The molecule has 2 N–H and O–H groups in total. The van der Waals surface area contributed by atoms with E-state index < -0.39 is 0 Å². The van der Waals surface area contributed by atoms with Crippen LogP contribution in [0.5, 0.6) is 0 Å². The molecule has 1 amide bonds. The van der Waals surface area contributed by atoms with Crippen LogP contribution in [0.3, 0.4) is 0 Å². The lowest BCUT2D eigenvalue weighted by Crippen LogP contribution is -2.45. The lowest BCUT2D eigenvalue weighted by Gasteiger charge is -2.32. The molecule has 0 spiro atoms. The molecule has 4 heteroatoms. The van der Waals surface area contributed by atoms with Crippen molar-refractivity contribution in [2.75, 3.05) is 32.7 Å². The summed E-state index contributed by atoms with van der Waals surface area (Å²) in [5.74, 6) is 2.03. The number of nitrogens with one attached hydrogen (secondary N) is 2. The number of rotatable bonds is 6. The molecular weight excluding hydrogens is 262 g/mol. The summed E-state index contributed by atoms with van der Waals surface area (Å²) in [6.07, 6.45) is 9.46. The van der Waals surface area contributed by atoms with Gasteiger partial charge >= 0.3 is 0 Å². The molecule has 3 rings (SSSR count). The maximum absolute atomic E-state index is 12.1. The number of piperidine rings is 2. The first-order valence-electron chi connectivity index (χ1n) is 9.02. The van der Waals surface area contributed by atoms with Gasteiger partial charge in [-0.05, 0) is 69.9 Å². The number of carbonyl (C=O) groups is 1. The standard InChI is InChI=1S/C17H31N3O/c21-17(4-3-14-5-9-18-10-6-14)19-16-7-11-20(12-8-16)13-15-1-2-15/h14-16,18H,1-13H2,(H,19,21). The first-order valence-corrected chi connectivity index (χ1v) is 9.02. The van der Waals surface area contributed by atoms with Crippen LogP contribution in [0.4, 0.5) is 0 Å². The van der Waals surface area contributed by atoms with Crippen molar-refractivity contribution in [3.8, 4) is 0 Å². The lowest BCUT2D eigenvalue weighted by molar-refractivity contribution is -0.122. The summed E-state index contributed by atoms with van der Waals surface area (Å²) in [6, 6.07) is 0.431. The van der Waals surface area contributed by atoms with E-state index in [1.165, 1.54) is 45.3 Å². The van der Waals surface area contributed by atoms with Crippen molar-refractivity contribution in [1.29, 1.82) is 0 Å². The van der Waals surface area contributed by atoms with Crippen molar-refractivity contribution in [2.45, 2.75) is 57.4 Å². The van der Waals surface area contributed by atoms with Gasteiger partial charge in [0, 0.05) is 32.1 Å². The third-order valence-corrected chi connectivity index (χ3v) is 5.40. The molecule has 2 heterocycles. The summed E-state index contributed by atoms with van der Waals surface area (Å²) in [5.41, 5.74) is 0. The SMILES string of the molecule is O=C(CCC1CCNCC1)NC1CCN(CC2CC2)CC1. The van der Waals surface area contributed by atoms with Crippen molar-refractivity contribution in [3.05, 3.63) is 0 Å². The molecular formula is C17H31N3O. The molecule has 4 nitrogen and oxygen atoms in total. The number of amides is 1. The van der Waals surface area contributed by atoms with Crippen molar-refractivity contribution in [2.24, 2.45) is 11.8 Å². The van der Waals surface area contributed by atoms with Crippen LogP contribution in [0.25, 0.3) is 0 Å². The van der Waals surface area contributed by atoms with Gasteiger partial charge in [0.15, 0.2) is 0 Å². The van der Waals surface area contributed by atoms with Crippen LogP contribution >= 0.6 is 0 Å². The van der Waals surface area contributed by atoms with Gasteiger partial charge in [-0.3, -0.25) is 4.79 Å². The first-order chi connectivity index (χ1) is 10.3. The second-order valence-electron chi connectivity index (χ2n) is 7.32. The number of hydrogen-bond acceptors (Lipinski definition) is 3. The summed E-state index contributed by atoms with van der Waals surface area (Å²) in [6.45, 7) is 5.92. The largest absolute Gasteiger partial charge is 0.353 e. The van der Waals surface area contributed by atoms with Crippen LogP contribution in [0.1, 0.15) is 51.4 Å². The Labute approximate surface area is 129 Å². The van der Waals surface area contributed by atoms with Crippen LogP contribution in [0.2, 0.25) is 0 Å². The highest BCUT2D eigenvalue weighted by Gasteiger charge is 2.27. The number of hydrogen-bond donors (Lipinski definition) is 2. The van der Waals surface area contributed by atoms with Gasteiger partial charge < -0.3 is 15.5 Å². The summed E-state index contributed by atoms with van der Waals surface area (Å²) >= 11 is 0. The van der Waals surface area contributed by atoms with Gasteiger partial charge in [0.25, 0.3) is 0 Å². The molecule has 0 aromatic rings. The van der Waals surface area contributed by atoms with Gasteiger partial charge in [0.05, 0.1) is 0 Å². The molecule has 1 aliphatic carbocycles. The Kier molecular flexibility index (Phi) is 5.53. The third kappa shape index (κ3) is 5.26. The van der Waals surface area contributed by atoms with Crippen LogP contribution in [0, 0.1) is 11.8 Å². The number of carbonyl (C=O) groups excluding carboxylic acids is 1. The van der Waals surface area contributed by atoms with Gasteiger partial charge in [-0.15, -0.1) is 0 Å². The van der Waals surface area contributed by atoms with Gasteiger partial charge in [0.2, 0.25) is 5.91 Å². The van der Waals surface area contributed by atoms with E-state index in [1.54, 1.807) is 0 Å². The van der Waals surface area contributed by atoms with Crippen LogP contribution in [-0.4, -0.2) is 49.6 Å². The summed E-state index contributed by atoms with van der Waals surface area (Å²) in [7, 11) is 0. The van der Waals surface area contributed by atoms with Crippen LogP contribution in [0.15, 0.2) is 0 Å². The second-order valence-corrected chi connectivity index (χ2v) is 7.32. The molecule has 0 unspecified atom stereocenters. The molecule has 2 saturated heterocycles. The molecule has 3 aliphatic rings. The minimum atomic E-state index is 0.286. The Morgan fingerprint density at radius 1 is 1.00 bits per heavy atom. The zero-order valence-electron chi connectivity index (χ0n) is 13.3. The molecule has 21 heavy (non-hydrogen) atoms. The molecule has 1 saturated carbocycles. The summed E-state index contributed by atoms with van der Waals surface area (Å²) in [4.78, 5) is 14.7. The minimum Gasteiger partial charge on any atom is -0.353 e.